The first-order valence-electron chi connectivity index (χ1n) is 21.1. The molecule has 7 N–H and O–H groups in total. The zero-order chi connectivity index (χ0) is 41.4. The van der Waals surface area contributed by atoms with Gasteiger partial charge in [0.15, 0.2) is 11.5 Å². The minimum atomic E-state index is -0.594. The minimum Gasteiger partial charge on any atom is -0.508 e. The molecule has 3 aromatic carbocycles. The number of fused-ring (bicyclic) bond motifs is 6. The van der Waals surface area contributed by atoms with Gasteiger partial charge in [-0.25, -0.2) is 0 Å². The van der Waals surface area contributed by atoms with Crippen LogP contribution in [-0.2, 0) is 27.8 Å². The van der Waals surface area contributed by atoms with Crippen molar-refractivity contribution in [3.8, 4) is 51.7 Å². The van der Waals surface area contributed by atoms with Crippen molar-refractivity contribution < 1.29 is 34.0 Å². The predicted octanol–water partition coefficient (Wildman–Crippen LogP) is 6.40. The van der Waals surface area contributed by atoms with E-state index in [2.05, 4.69) is 59.8 Å². The summed E-state index contributed by atoms with van der Waals surface area (Å²) in [4.78, 5) is 12.5. The molecule has 1 fully saturated rings. The van der Waals surface area contributed by atoms with Gasteiger partial charge in [0.2, 0.25) is 0 Å². The number of allylic oxidation sites excluding steroid dienone is 3. The van der Waals surface area contributed by atoms with Crippen molar-refractivity contribution in [2.24, 2.45) is 17.6 Å². The van der Waals surface area contributed by atoms with Crippen LogP contribution in [0.4, 0.5) is 0 Å². The van der Waals surface area contributed by atoms with Gasteiger partial charge in [-0.3, -0.25) is 4.79 Å². The van der Waals surface area contributed by atoms with Gasteiger partial charge < -0.3 is 50.8 Å². The molecule has 0 aromatic heterocycles. The average molecular weight is 803 g/mol. The van der Waals surface area contributed by atoms with Crippen molar-refractivity contribution in [2.45, 2.75) is 95.4 Å². The maximum Gasteiger partial charge on any atom is 0.302 e. The Balaban J connectivity index is 1.31. The third-order valence-electron chi connectivity index (χ3n) is 12.8. The number of carbonyl (C=O) groups is 1. The lowest BCUT2D eigenvalue weighted by Crippen LogP contribution is -2.39. The monoisotopic (exact) mass is 802 g/mol. The highest BCUT2D eigenvalue weighted by Gasteiger charge is 2.51. The zero-order valence-corrected chi connectivity index (χ0v) is 34.9. The second kappa shape index (κ2) is 16.8. The Morgan fingerprint density at radius 3 is 2.75 bits per heavy atom. The molecule has 4 bridgehead atoms. The number of nitrogens with two attached hydrogens (primary N) is 1. The third-order valence-corrected chi connectivity index (χ3v) is 12.8. The third kappa shape index (κ3) is 8.10. The molecule has 59 heavy (non-hydrogen) atoms. The van der Waals surface area contributed by atoms with Gasteiger partial charge in [-0.1, -0.05) is 38.0 Å². The fourth-order valence-electron chi connectivity index (χ4n) is 10.1. The van der Waals surface area contributed by atoms with Gasteiger partial charge in [-0.15, -0.1) is 0 Å². The van der Waals surface area contributed by atoms with Gasteiger partial charge in [0.05, 0.1) is 24.9 Å². The van der Waals surface area contributed by atoms with Crippen LogP contribution in [0.5, 0.6) is 28.7 Å². The second-order valence-electron chi connectivity index (χ2n) is 17.4. The van der Waals surface area contributed by atoms with Gasteiger partial charge in [0.25, 0.3) is 0 Å². The van der Waals surface area contributed by atoms with Crippen LogP contribution in [0.2, 0.25) is 0 Å². The summed E-state index contributed by atoms with van der Waals surface area (Å²) in [5.74, 6) is 8.98. The van der Waals surface area contributed by atoms with Crippen LogP contribution in [-0.4, -0.2) is 68.9 Å². The highest BCUT2D eigenvalue weighted by molar-refractivity contribution is 5.84. The van der Waals surface area contributed by atoms with E-state index in [1.54, 1.807) is 19.2 Å². The molecule has 2 aliphatic carbocycles. The van der Waals surface area contributed by atoms with E-state index in [0.29, 0.717) is 49.3 Å². The zero-order valence-electron chi connectivity index (χ0n) is 34.9. The normalized spacial score (nSPS) is 24.0. The van der Waals surface area contributed by atoms with Gasteiger partial charge in [0, 0.05) is 60.2 Å². The molecule has 11 heteroatoms. The summed E-state index contributed by atoms with van der Waals surface area (Å²) >= 11 is 0. The molecule has 11 nitrogen and oxygen atoms in total. The van der Waals surface area contributed by atoms with Crippen LogP contribution in [0.15, 0.2) is 59.8 Å². The lowest BCUT2D eigenvalue weighted by atomic mass is 9.65. The fourth-order valence-corrected chi connectivity index (χ4v) is 10.1. The molecule has 1 spiro atoms. The van der Waals surface area contributed by atoms with E-state index in [1.165, 1.54) is 6.92 Å². The molecule has 3 aliphatic heterocycles. The number of dihydropyridines is 1. The fraction of sp³-hybridized carbons (Fsp3) is 0.479. The van der Waals surface area contributed by atoms with Gasteiger partial charge in [0.1, 0.15) is 36.1 Å². The predicted molar refractivity (Wildman–Crippen MR) is 228 cm³/mol. The number of likely N-dealkylation sites (N-methyl/N-ethyl adjacent to an activating group) is 1. The summed E-state index contributed by atoms with van der Waals surface area (Å²) in [5, 5.41) is 32.7. The van der Waals surface area contributed by atoms with Crippen molar-refractivity contribution in [2.75, 3.05) is 40.4 Å². The SMILES string of the molecule is CNCC(CNCCC(C)C)Oc1cc2c(cc1O)CC#CC1=C(C=CC(N)N1)CC1CCC3(Cc4cc(O)cc(OC)c4-c4ccc5c(c43)OC2C5COC(C)=O)C1. The van der Waals surface area contributed by atoms with Crippen LogP contribution in [0.3, 0.4) is 0 Å². The molecular formula is C48H58N4O7. The molecular weight excluding hydrogens is 745 g/mol. The number of phenolic OH excluding ortho intramolecular Hbond substituents is 2. The van der Waals surface area contributed by atoms with E-state index < -0.39 is 6.10 Å². The molecule has 0 saturated heterocycles. The van der Waals surface area contributed by atoms with Crippen LogP contribution in [0.25, 0.3) is 11.1 Å². The Bertz CT molecular complexity index is 2240. The largest absolute Gasteiger partial charge is 0.508 e. The topological polar surface area (TPSA) is 157 Å². The number of nitrogens with one attached hydrogen (secondary N) is 3. The number of hydrogen-bond donors (Lipinski definition) is 6. The molecule has 3 aromatic rings. The lowest BCUT2D eigenvalue weighted by molar-refractivity contribution is -0.141. The number of ether oxygens (including phenoxy) is 4. The van der Waals surface area contributed by atoms with Crippen LogP contribution in [0, 0.1) is 23.7 Å². The number of benzene rings is 3. The number of methoxy groups -OCH3 is 1. The Hall–Kier alpha value is -5.15. The number of hydrogen-bond acceptors (Lipinski definition) is 11. The van der Waals surface area contributed by atoms with E-state index in [-0.39, 0.29) is 47.7 Å². The molecule has 1 saturated carbocycles. The smallest absolute Gasteiger partial charge is 0.302 e. The van der Waals surface area contributed by atoms with Crippen molar-refractivity contribution in [1.82, 2.24) is 16.0 Å². The lowest BCUT2D eigenvalue weighted by Gasteiger charge is -2.39. The molecule has 5 aliphatic rings. The highest BCUT2D eigenvalue weighted by atomic mass is 16.5. The van der Waals surface area contributed by atoms with Gasteiger partial charge in [-0.2, -0.15) is 0 Å². The summed E-state index contributed by atoms with van der Waals surface area (Å²) in [7, 11) is 3.53. The molecule has 8 rings (SSSR count). The Labute approximate surface area is 347 Å². The average Bonchev–Trinajstić information content (AvgIpc) is 3.77. The molecule has 0 amide bonds. The summed E-state index contributed by atoms with van der Waals surface area (Å²) in [6, 6.07) is 11.5. The van der Waals surface area contributed by atoms with Crippen molar-refractivity contribution in [3.63, 3.8) is 0 Å². The quantitative estimate of drug-likeness (QED) is 0.0685. The number of esters is 1. The summed E-state index contributed by atoms with van der Waals surface area (Å²) < 4.78 is 25.7. The van der Waals surface area contributed by atoms with E-state index in [9.17, 15) is 15.0 Å². The Kier molecular flexibility index (Phi) is 11.6. The maximum atomic E-state index is 12.5. The molecule has 6 unspecified atom stereocenters. The van der Waals surface area contributed by atoms with Crippen LogP contribution in [0.1, 0.15) is 92.7 Å². The maximum absolute atomic E-state index is 12.5. The number of carbonyl (C=O) groups excluding carboxylic acids is 1. The summed E-state index contributed by atoms with van der Waals surface area (Å²) in [6.45, 7) is 7.96. The number of phenols is 2. The summed E-state index contributed by atoms with van der Waals surface area (Å²) in [6.07, 6.45) is 8.62. The van der Waals surface area contributed by atoms with Crippen LogP contribution < -0.4 is 35.9 Å². The van der Waals surface area contributed by atoms with E-state index >= 15 is 0 Å². The van der Waals surface area contributed by atoms with Crippen molar-refractivity contribution in [3.05, 3.63) is 87.6 Å². The number of aromatic hydroxyl groups is 2. The molecule has 3 heterocycles. The summed E-state index contributed by atoms with van der Waals surface area (Å²) in [5.41, 5.74) is 14.8. The van der Waals surface area contributed by atoms with E-state index in [0.717, 1.165) is 94.6 Å². The van der Waals surface area contributed by atoms with Gasteiger partial charge in [-0.05, 0) is 116 Å². The van der Waals surface area contributed by atoms with Crippen LogP contribution >= 0.6 is 0 Å². The second-order valence-corrected chi connectivity index (χ2v) is 17.4. The van der Waals surface area contributed by atoms with Crippen molar-refractivity contribution >= 4 is 5.97 Å². The van der Waals surface area contributed by atoms with Crippen molar-refractivity contribution in [1.29, 1.82) is 0 Å². The first-order valence-corrected chi connectivity index (χ1v) is 21.1. The highest BCUT2D eigenvalue weighted by Crippen LogP contribution is 2.62. The number of rotatable bonds is 12. The first-order chi connectivity index (χ1) is 28.5. The Morgan fingerprint density at radius 1 is 1.12 bits per heavy atom. The minimum absolute atomic E-state index is 0.0139. The molecule has 6 atom stereocenters. The molecule has 0 radical (unpaired) electrons. The van der Waals surface area contributed by atoms with E-state index in [1.807, 2.05) is 25.3 Å². The standard InChI is InChI=1S/C48H58N4O7/c1-27(2)14-16-51-25-34(24-50-4)58-41-21-37-30(19-40(41)55)7-6-8-39-31(9-12-43(49)52-39)17-29-13-15-48(22-29)23-32-18-33(54)20-42(56-5)44(32)36-11-10-35-38(26-57-28(3)53)46(37)59-47(35)45(36)48/h9-12,18-21,27,29,34,38,43,46,50-52,54-55H,7,13-17,22-26,49H2,1-5H3. The van der Waals surface area contributed by atoms with E-state index in [4.69, 9.17) is 24.7 Å². The Morgan fingerprint density at radius 2 is 1.97 bits per heavy atom. The first kappa shape index (κ1) is 40.6. The molecule has 312 valence electrons. The van der Waals surface area contributed by atoms with Gasteiger partial charge >= 0.3 is 5.97 Å².